The molecule has 1 aromatic rings. The Labute approximate surface area is 119 Å². The van der Waals surface area contributed by atoms with Crippen LogP contribution in [0.3, 0.4) is 0 Å². The average molecular weight is 311 g/mol. The van der Waals surface area contributed by atoms with Crippen molar-refractivity contribution in [2.45, 2.75) is 50.4 Å². The van der Waals surface area contributed by atoms with Crippen LogP contribution in [0.15, 0.2) is 18.3 Å². The van der Waals surface area contributed by atoms with Gasteiger partial charge in [0.15, 0.2) is 0 Å². The van der Waals surface area contributed by atoms with E-state index in [0.717, 1.165) is 17.1 Å². The van der Waals surface area contributed by atoms with E-state index >= 15 is 0 Å². The largest absolute Gasteiger partial charge is 0.356 e. The number of nitrogens with zero attached hydrogens (tertiary/aromatic N) is 2. The van der Waals surface area contributed by atoms with E-state index in [4.69, 9.17) is 0 Å². The quantitative estimate of drug-likeness (QED) is 0.767. The molecule has 0 bridgehead atoms. The molecule has 2 nitrogen and oxygen atoms in total. The van der Waals surface area contributed by atoms with E-state index in [-0.39, 0.29) is 0 Å². The molecule has 2 rings (SSSR count). The first-order valence-corrected chi connectivity index (χ1v) is 8.11. The predicted molar refractivity (Wildman–Crippen MR) is 81.3 cm³/mol. The van der Waals surface area contributed by atoms with Gasteiger partial charge >= 0.3 is 0 Å². The van der Waals surface area contributed by atoms with E-state index in [1.165, 1.54) is 37.7 Å². The van der Waals surface area contributed by atoms with Crippen LogP contribution < -0.4 is 4.90 Å². The number of alkyl halides is 1. The topological polar surface area (TPSA) is 16.1 Å². The van der Waals surface area contributed by atoms with Crippen LogP contribution in [-0.2, 0) is 5.33 Å². The van der Waals surface area contributed by atoms with Gasteiger partial charge in [-0.05, 0) is 37.7 Å². The molecule has 0 N–H and O–H groups in total. The van der Waals surface area contributed by atoms with E-state index in [0.29, 0.717) is 6.04 Å². The molecule has 0 saturated heterocycles. The summed E-state index contributed by atoms with van der Waals surface area (Å²) in [5, 5.41) is 0.880. The lowest BCUT2D eigenvalue weighted by Crippen LogP contribution is -2.36. The molecule has 1 aliphatic rings. The summed E-state index contributed by atoms with van der Waals surface area (Å²) >= 11 is 3.55. The maximum absolute atomic E-state index is 4.56. The highest BCUT2D eigenvalue weighted by molar-refractivity contribution is 9.08. The fourth-order valence-corrected chi connectivity index (χ4v) is 3.40. The third kappa shape index (κ3) is 3.05. The van der Waals surface area contributed by atoms with Crippen LogP contribution in [0.25, 0.3) is 0 Å². The van der Waals surface area contributed by atoms with E-state index in [1.807, 2.05) is 12.3 Å². The van der Waals surface area contributed by atoms with Crippen molar-refractivity contribution in [3.05, 3.63) is 23.9 Å². The number of halogens is 1. The molecule has 0 unspecified atom stereocenters. The second kappa shape index (κ2) is 6.55. The normalized spacial score (nSPS) is 23.9. The Kier molecular flexibility index (Phi) is 5.04. The van der Waals surface area contributed by atoms with Gasteiger partial charge < -0.3 is 4.90 Å². The van der Waals surface area contributed by atoms with Gasteiger partial charge in [-0.1, -0.05) is 35.3 Å². The van der Waals surface area contributed by atoms with Crippen LogP contribution in [0.4, 0.5) is 5.82 Å². The lowest BCUT2D eigenvalue weighted by atomic mass is 9.84. The van der Waals surface area contributed by atoms with Crippen molar-refractivity contribution in [2.24, 2.45) is 5.92 Å². The highest BCUT2D eigenvalue weighted by Crippen LogP contribution is 2.31. The fraction of sp³-hybridized carbons (Fsp3) is 0.667. The summed E-state index contributed by atoms with van der Waals surface area (Å²) in [6, 6.07) is 4.84. The van der Waals surface area contributed by atoms with Gasteiger partial charge in [0.25, 0.3) is 0 Å². The molecule has 18 heavy (non-hydrogen) atoms. The standard InChI is InChI=1S/C15H23BrN2/c1-3-12-6-8-14(9-7-12)18(2)15-13(11-16)5-4-10-17-15/h4-5,10,12,14H,3,6-9,11H2,1-2H3. The number of pyridine rings is 1. The van der Waals surface area contributed by atoms with Gasteiger partial charge in [0, 0.05) is 30.2 Å². The first-order valence-electron chi connectivity index (χ1n) is 6.99. The lowest BCUT2D eigenvalue weighted by molar-refractivity contribution is 0.313. The van der Waals surface area contributed by atoms with Crippen molar-refractivity contribution in [1.29, 1.82) is 0 Å². The summed E-state index contributed by atoms with van der Waals surface area (Å²) in [6.07, 6.45) is 8.62. The zero-order chi connectivity index (χ0) is 13.0. The smallest absolute Gasteiger partial charge is 0.132 e. The third-order valence-corrected chi connectivity index (χ3v) is 4.89. The zero-order valence-corrected chi connectivity index (χ0v) is 13.0. The second-order valence-electron chi connectivity index (χ2n) is 5.31. The molecular formula is C15H23BrN2. The summed E-state index contributed by atoms with van der Waals surface area (Å²) < 4.78 is 0. The highest BCUT2D eigenvalue weighted by atomic mass is 79.9. The van der Waals surface area contributed by atoms with Gasteiger partial charge in [0.1, 0.15) is 5.82 Å². The van der Waals surface area contributed by atoms with Crippen LogP contribution in [0.2, 0.25) is 0 Å². The fourth-order valence-electron chi connectivity index (χ4n) is 2.97. The first-order chi connectivity index (χ1) is 8.76. The van der Waals surface area contributed by atoms with Crippen LogP contribution in [0.5, 0.6) is 0 Å². The van der Waals surface area contributed by atoms with Gasteiger partial charge in [-0.25, -0.2) is 4.98 Å². The average Bonchev–Trinajstić information content (AvgIpc) is 2.46. The van der Waals surface area contributed by atoms with Crippen LogP contribution in [0.1, 0.15) is 44.6 Å². The number of hydrogen-bond donors (Lipinski definition) is 0. The predicted octanol–water partition coefficient (Wildman–Crippen LogP) is 4.38. The summed E-state index contributed by atoms with van der Waals surface area (Å²) in [5.41, 5.74) is 1.29. The summed E-state index contributed by atoms with van der Waals surface area (Å²) in [4.78, 5) is 6.95. The maximum atomic E-state index is 4.56. The molecule has 3 heteroatoms. The third-order valence-electron chi connectivity index (χ3n) is 4.29. The van der Waals surface area contributed by atoms with Crippen molar-refractivity contribution in [1.82, 2.24) is 4.98 Å². The van der Waals surface area contributed by atoms with Gasteiger partial charge in [0.2, 0.25) is 0 Å². The Morgan fingerprint density at radius 2 is 2.06 bits per heavy atom. The molecule has 0 radical (unpaired) electrons. The molecule has 1 aliphatic carbocycles. The molecule has 1 aromatic heterocycles. The van der Waals surface area contributed by atoms with Crippen molar-refractivity contribution in [3.8, 4) is 0 Å². The van der Waals surface area contributed by atoms with Gasteiger partial charge in [-0.3, -0.25) is 0 Å². The summed E-state index contributed by atoms with van der Waals surface area (Å²) in [7, 11) is 2.20. The minimum atomic E-state index is 0.667. The molecule has 1 saturated carbocycles. The number of aromatic nitrogens is 1. The number of hydrogen-bond acceptors (Lipinski definition) is 2. The Bertz CT molecular complexity index is 373. The van der Waals surface area contributed by atoms with Crippen molar-refractivity contribution < 1.29 is 0 Å². The molecule has 0 aromatic carbocycles. The monoisotopic (exact) mass is 310 g/mol. The Balaban J connectivity index is 2.05. The molecule has 1 fully saturated rings. The SMILES string of the molecule is CCC1CCC(N(C)c2ncccc2CBr)CC1. The Hall–Kier alpha value is -0.570. The summed E-state index contributed by atoms with van der Waals surface area (Å²) in [6.45, 7) is 2.32. The first kappa shape index (κ1) is 13.9. The van der Waals surface area contributed by atoms with Gasteiger partial charge in [-0.2, -0.15) is 0 Å². The number of rotatable bonds is 4. The lowest BCUT2D eigenvalue weighted by Gasteiger charge is -2.35. The minimum absolute atomic E-state index is 0.667. The molecule has 0 spiro atoms. The van der Waals surface area contributed by atoms with E-state index in [1.54, 1.807) is 0 Å². The van der Waals surface area contributed by atoms with E-state index in [9.17, 15) is 0 Å². The molecule has 100 valence electrons. The highest BCUT2D eigenvalue weighted by Gasteiger charge is 2.24. The molecule has 1 heterocycles. The van der Waals surface area contributed by atoms with Crippen LogP contribution in [-0.4, -0.2) is 18.1 Å². The summed E-state index contributed by atoms with van der Waals surface area (Å²) in [5.74, 6) is 2.10. The molecule has 0 aliphatic heterocycles. The second-order valence-corrected chi connectivity index (χ2v) is 5.87. The van der Waals surface area contributed by atoms with E-state index < -0.39 is 0 Å². The maximum Gasteiger partial charge on any atom is 0.132 e. The van der Waals surface area contributed by atoms with Gasteiger partial charge in [-0.15, -0.1) is 0 Å². The molecule has 0 atom stereocenters. The minimum Gasteiger partial charge on any atom is -0.356 e. The number of anilines is 1. The molecule has 0 amide bonds. The van der Waals surface area contributed by atoms with Crippen molar-refractivity contribution in [2.75, 3.05) is 11.9 Å². The van der Waals surface area contributed by atoms with Crippen LogP contribution in [0, 0.1) is 5.92 Å². The Morgan fingerprint density at radius 3 is 2.67 bits per heavy atom. The zero-order valence-electron chi connectivity index (χ0n) is 11.4. The van der Waals surface area contributed by atoms with Gasteiger partial charge in [0.05, 0.1) is 0 Å². The molecular weight excluding hydrogens is 288 g/mol. The van der Waals surface area contributed by atoms with Crippen LogP contribution >= 0.6 is 15.9 Å². The van der Waals surface area contributed by atoms with E-state index in [2.05, 4.69) is 45.9 Å². The Morgan fingerprint density at radius 1 is 1.33 bits per heavy atom. The van der Waals surface area contributed by atoms with Crippen molar-refractivity contribution in [3.63, 3.8) is 0 Å². The van der Waals surface area contributed by atoms with Crippen molar-refractivity contribution >= 4 is 21.7 Å².